The van der Waals surface area contributed by atoms with E-state index in [2.05, 4.69) is 17.5 Å². The maximum absolute atomic E-state index is 6.21. The first-order valence-electron chi connectivity index (χ1n) is 6.39. The Kier molecular flexibility index (Phi) is 3.06. The van der Waals surface area contributed by atoms with Gasteiger partial charge in [0.15, 0.2) is 0 Å². The topological polar surface area (TPSA) is 41.3 Å². The van der Waals surface area contributed by atoms with Gasteiger partial charge in [0.1, 0.15) is 0 Å². The molecular weight excluding hydrogens is 246 g/mol. The smallest absolute Gasteiger partial charge is 0.0683 e. The summed E-state index contributed by atoms with van der Waals surface area (Å²) >= 11 is 5.98. The molecule has 3 rings (SSSR count). The van der Waals surface area contributed by atoms with Crippen LogP contribution < -0.4 is 11.2 Å². The summed E-state index contributed by atoms with van der Waals surface area (Å²) < 4.78 is 0. The van der Waals surface area contributed by atoms with Gasteiger partial charge in [-0.15, -0.1) is 0 Å². The van der Waals surface area contributed by atoms with Crippen molar-refractivity contribution in [2.75, 3.05) is 13.1 Å². The molecule has 0 atom stereocenters. The number of piperazine rings is 1. The fraction of sp³-hybridized carbons (Fsp3) is 0.429. The predicted octanol–water partition coefficient (Wildman–Crippen LogP) is 2.08. The Morgan fingerprint density at radius 3 is 3.00 bits per heavy atom. The predicted molar refractivity (Wildman–Crippen MR) is 74.1 cm³/mol. The summed E-state index contributed by atoms with van der Waals surface area (Å²) in [6.07, 6.45) is 5.48. The molecule has 1 heterocycles. The van der Waals surface area contributed by atoms with E-state index in [-0.39, 0.29) is 5.54 Å². The van der Waals surface area contributed by atoms with Crippen LogP contribution in [0.4, 0.5) is 0 Å². The van der Waals surface area contributed by atoms with Gasteiger partial charge in [-0.05, 0) is 37.0 Å². The zero-order valence-electron chi connectivity index (χ0n) is 10.3. The molecule has 3 nitrogen and oxygen atoms in total. The zero-order valence-corrected chi connectivity index (χ0v) is 11.1. The van der Waals surface area contributed by atoms with Crippen molar-refractivity contribution < 1.29 is 0 Å². The second-order valence-corrected chi connectivity index (χ2v) is 5.66. The summed E-state index contributed by atoms with van der Waals surface area (Å²) in [6, 6.07) is 7.97. The molecular formula is C14H18ClN3. The van der Waals surface area contributed by atoms with Crippen molar-refractivity contribution in [2.24, 2.45) is 5.84 Å². The number of hydrogen-bond acceptors (Lipinski definition) is 3. The molecule has 1 saturated carbocycles. The van der Waals surface area contributed by atoms with Crippen molar-refractivity contribution in [3.05, 3.63) is 46.6 Å². The van der Waals surface area contributed by atoms with Crippen LogP contribution in [-0.2, 0) is 6.42 Å². The van der Waals surface area contributed by atoms with Crippen molar-refractivity contribution in [1.82, 2.24) is 10.3 Å². The van der Waals surface area contributed by atoms with E-state index >= 15 is 0 Å². The summed E-state index contributed by atoms with van der Waals surface area (Å²) in [5.74, 6) is 6.21. The molecule has 2 aliphatic rings. The van der Waals surface area contributed by atoms with Crippen LogP contribution in [0.15, 0.2) is 36.0 Å². The molecule has 4 heteroatoms. The van der Waals surface area contributed by atoms with Gasteiger partial charge in [0.05, 0.1) is 5.54 Å². The van der Waals surface area contributed by atoms with Crippen LogP contribution in [0.5, 0.6) is 0 Å². The first-order valence-corrected chi connectivity index (χ1v) is 6.77. The van der Waals surface area contributed by atoms with Gasteiger partial charge in [0.25, 0.3) is 0 Å². The fourth-order valence-corrected chi connectivity index (χ4v) is 2.74. The average Bonchev–Trinajstić information content (AvgIpc) is 3.12. The van der Waals surface area contributed by atoms with Crippen LogP contribution >= 0.6 is 11.6 Å². The van der Waals surface area contributed by atoms with E-state index in [1.807, 2.05) is 23.2 Å². The maximum Gasteiger partial charge on any atom is 0.0683 e. The van der Waals surface area contributed by atoms with E-state index in [1.165, 1.54) is 24.1 Å². The molecule has 1 saturated heterocycles. The van der Waals surface area contributed by atoms with Gasteiger partial charge in [-0.1, -0.05) is 29.8 Å². The highest BCUT2D eigenvalue weighted by Crippen LogP contribution is 2.42. The van der Waals surface area contributed by atoms with Gasteiger partial charge >= 0.3 is 0 Å². The van der Waals surface area contributed by atoms with Crippen LogP contribution in [0.1, 0.15) is 18.4 Å². The van der Waals surface area contributed by atoms with Gasteiger partial charge in [-0.25, -0.2) is 5.84 Å². The normalized spacial score (nSPS) is 23.7. The molecule has 0 bridgehead atoms. The molecule has 0 unspecified atom stereocenters. The van der Waals surface area contributed by atoms with E-state index in [0.717, 1.165) is 24.5 Å². The fourth-order valence-electron chi connectivity index (χ4n) is 2.53. The Hall–Kier alpha value is -1.03. The number of hydrazine groups is 1. The van der Waals surface area contributed by atoms with Crippen molar-refractivity contribution in [3.63, 3.8) is 0 Å². The second-order valence-electron chi connectivity index (χ2n) is 5.23. The monoisotopic (exact) mass is 263 g/mol. The number of allylic oxidation sites excluding steroid dienone is 1. The Morgan fingerprint density at radius 2 is 2.28 bits per heavy atom. The summed E-state index contributed by atoms with van der Waals surface area (Å²) in [6.45, 7) is 1.87. The Bertz CT molecular complexity index is 480. The highest BCUT2D eigenvalue weighted by molar-refractivity contribution is 6.30. The molecule has 1 aromatic carbocycles. The Labute approximate surface area is 113 Å². The van der Waals surface area contributed by atoms with Crippen molar-refractivity contribution in [1.29, 1.82) is 0 Å². The maximum atomic E-state index is 6.21. The lowest BCUT2D eigenvalue weighted by molar-refractivity contribution is 0.195. The Balaban J connectivity index is 1.72. The van der Waals surface area contributed by atoms with Crippen LogP contribution in [-0.4, -0.2) is 23.6 Å². The lowest BCUT2D eigenvalue weighted by atomic mass is 10.1. The molecule has 0 radical (unpaired) electrons. The van der Waals surface area contributed by atoms with Crippen molar-refractivity contribution in [3.8, 4) is 0 Å². The molecule has 0 aromatic heterocycles. The molecule has 0 amide bonds. The van der Waals surface area contributed by atoms with Gasteiger partial charge in [-0.2, -0.15) is 0 Å². The third-order valence-electron chi connectivity index (χ3n) is 3.87. The molecule has 96 valence electrons. The molecule has 1 aromatic rings. The number of nitrogens with two attached hydrogens (primary N) is 1. The zero-order chi connectivity index (χ0) is 12.6. The molecule has 1 spiro atoms. The van der Waals surface area contributed by atoms with Crippen LogP contribution in [0, 0.1) is 0 Å². The Morgan fingerprint density at radius 1 is 1.44 bits per heavy atom. The van der Waals surface area contributed by atoms with Gasteiger partial charge in [0, 0.05) is 23.8 Å². The highest BCUT2D eigenvalue weighted by Gasteiger charge is 2.49. The lowest BCUT2D eigenvalue weighted by Crippen LogP contribution is -2.54. The van der Waals surface area contributed by atoms with Gasteiger partial charge in [0.2, 0.25) is 0 Å². The van der Waals surface area contributed by atoms with Crippen molar-refractivity contribution >= 4 is 11.6 Å². The van der Waals surface area contributed by atoms with Crippen LogP contribution in [0.2, 0.25) is 5.02 Å². The summed E-state index contributed by atoms with van der Waals surface area (Å²) in [7, 11) is 0. The number of benzene rings is 1. The average molecular weight is 264 g/mol. The first-order chi connectivity index (χ1) is 8.70. The number of hydrogen-bond donors (Lipinski definition) is 2. The van der Waals surface area contributed by atoms with Crippen LogP contribution in [0.25, 0.3) is 0 Å². The minimum absolute atomic E-state index is 0.207. The summed E-state index contributed by atoms with van der Waals surface area (Å²) in [5, 5.41) is 6.22. The van der Waals surface area contributed by atoms with E-state index in [0.29, 0.717) is 0 Å². The number of nitrogens with zero attached hydrogens (tertiary/aromatic N) is 1. The summed E-state index contributed by atoms with van der Waals surface area (Å²) in [4.78, 5) is 0. The third kappa shape index (κ3) is 2.26. The van der Waals surface area contributed by atoms with E-state index in [9.17, 15) is 0 Å². The van der Waals surface area contributed by atoms with Gasteiger partial charge < -0.3 is 10.3 Å². The molecule has 18 heavy (non-hydrogen) atoms. The number of halogens is 1. The van der Waals surface area contributed by atoms with E-state index < -0.39 is 0 Å². The number of nitrogens with one attached hydrogen (secondary N) is 1. The molecule has 1 aliphatic carbocycles. The largest absolute Gasteiger partial charge is 0.309 e. The lowest BCUT2D eigenvalue weighted by Gasteiger charge is -2.36. The van der Waals surface area contributed by atoms with E-state index in [1.54, 1.807) is 0 Å². The summed E-state index contributed by atoms with van der Waals surface area (Å²) in [5.41, 5.74) is 2.62. The first kappa shape index (κ1) is 12.0. The molecule has 3 N–H and O–H groups in total. The minimum atomic E-state index is 0.207. The van der Waals surface area contributed by atoms with E-state index in [4.69, 9.17) is 17.4 Å². The highest BCUT2D eigenvalue weighted by atomic mass is 35.5. The third-order valence-corrected chi connectivity index (χ3v) is 4.11. The molecule has 1 aliphatic heterocycles. The second kappa shape index (κ2) is 4.57. The van der Waals surface area contributed by atoms with Crippen LogP contribution in [0.3, 0.4) is 0 Å². The van der Waals surface area contributed by atoms with Crippen molar-refractivity contribution in [2.45, 2.75) is 24.8 Å². The quantitative estimate of drug-likeness (QED) is 0.803. The van der Waals surface area contributed by atoms with Gasteiger partial charge in [-0.3, -0.25) is 0 Å². The standard InChI is InChI=1S/C14H18ClN3/c15-12-3-1-2-11(8-12)4-5-13-9-17-10-14(6-7-14)18(13)16/h1-3,5,8,17H,4,6-7,9-10,16H2. The number of rotatable bonds is 2. The molecule has 2 fully saturated rings. The minimum Gasteiger partial charge on any atom is -0.309 e. The SMILES string of the molecule is NN1C(=CCc2cccc(Cl)c2)CNCC12CC2.